The lowest BCUT2D eigenvalue weighted by Crippen LogP contribution is -2.55. The molecular weight excluding hydrogens is 444 g/mol. The SMILES string of the molecule is CC[C@@H]1C(=O)N(C)c2cnc(Nc3ccc(S(=O)(=O)NCCO)cc3)nc2N1C1CCCC1. The van der Waals surface area contributed by atoms with Gasteiger partial charge in [0, 0.05) is 25.3 Å². The molecule has 1 saturated carbocycles. The Morgan fingerprint density at radius 2 is 1.88 bits per heavy atom. The third kappa shape index (κ3) is 4.66. The number of rotatable bonds is 8. The summed E-state index contributed by atoms with van der Waals surface area (Å²) in [6, 6.07) is 6.26. The second kappa shape index (κ2) is 9.62. The number of aliphatic hydroxyl groups excluding tert-OH is 1. The fraction of sp³-hybridized carbons (Fsp3) is 0.500. The van der Waals surface area contributed by atoms with Crippen molar-refractivity contribution in [2.45, 2.75) is 56.0 Å². The first-order chi connectivity index (χ1) is 15.9. The molecule has 2 aliphatic rings. The zero-order chi connectivity index (χ0) is 23.6. The summed E-state index contributed by atoms with van der Waals surface area (Å²) < 4.78 is 26.7. The normalized spacial score (nSPS) is 19.1. The van der Waals surface area contributed by atoms with Crippen LogP contribution in [0.5, 0.6) is 0 Å². The van der Waals surface area contributed by atoms with Crippen LogP contribution in [-0.4, -0.2) is 61.7 Å². The van der Waals surface area contributed by atoms with E-state index in [1.165, 1.54) is 12.1 Å². The molecule has 1 aliphatic heterocycles. The minimum atomic E-state index is -3.67. The van der Waals surface area contributed by atoms with Crippen LogP contribution in [0.3, 0.4) is 0 Å². The van der Waals surface area contributed by atoms with E-state index in [9.17, 15) is 13.2 Å². The average molecular weight is 475 g/mol. The molecule has 1 fully saturated rings. The summed E-state index contributed by atoms with van der Waals surface area (Å²) in [4.78, 5) is 26.1. The van der Waals surface area contributed by atoms with E-state index in [1.54, 1.807) is 30.3 Å². The zero-order valence-corrected chi connectivity index (χ0v) is 19.7. The van der Waals surface area contributed by atoms with Crippen LogP contribution in [0, 0.1) is 0 Å². The van der Waals surface area contributed by atoms with Gasteiger partial charge in [-0.2, -0.15) is 4.98 Å². The number of benzene rings is 1. The predicted molar refractivity (Wildman–Crippen MR) is 126 cm³/mol. The molecule has 0 bridgehead atoms. The van der Waals surface area contributed by atoms with Crippen LogP contribution in [0.1, 0.15) is 39.0 Å². The lowest BCUT2D eigenvalue weighted by Gasteiger charge is -2.43. The molecular formula is C22H30N6O4S. The number of carbonyl (C=O) groups is 1. The fourth-order valence-corrected chi connectivity index (χ4v) is 5.57. The summed E-state index contributed by atoms with van der Waals surface area (Å²) in [6.45, 7) is 1.71. The number of hydrogen-bond donors (Lipinski definition) is 3. The molecule has 10 nitrogen and oxygen atoms in total. The van der Waals surface area contributed by atoms with Gasteiger partial charge in [-0.15, -0.1) is 0 Å². The van der Waals surface area contributed by atoms with Crippen LogP contribution in [0.15, 0.2) is 35.4 Å². The molecule has 0 radical (unpaired) electrons. The largest absolute Gasteiger partial charge is 0.395 e. The Morgan fingerprint density at radius 3 is 2.52 bits per heavy atom. The van der Waals surface area contributed by atoms with Gasteiger partial charge in [0.1, 0.15) is 11.7 Å². The van der Waals surface area contributed by atoms with Crippen molar-refractivity contribution < 1.29 is 18.3 Å². The Balaban J connectivity index is 1.61. The van der Waals surface area contributed by atoms with Gasteiger partial charge in [-0.3, -0.25) is 4.79 Å². The number of aliphatic hydroxyl groups is 1. The Kier molecular flexibility index (Phi) is 6.82. The van der Waals surface area contributed by atoms with Crippen molar-refractivity contribution in [2.24, 2.45) is 0 Å². The van der Waals surface area contributed by atoms with Gasteiger partial charge in [-0.05, 0) is 43.5 Å². The van der Waals surface area contributed by atoms with Crippen molar-refractivity contribution in [3.63, 3.8) is 0 Å². The van der Waals surface area contributed by atoms with Gasteiger partial charge < -0.3 is 20.2 Å². The summed E-state index contributed by atoms with van der Waals surface area (Å²) in [5.74, 6) is 1.19. The van der Waals surface area contributed by atoms with Crippen molar-refractivity contribution in [3.05, 3.63) is 30.5 Å². The first kappa shape index (κ1) is 23.4. The number of fused-ring (bicyclic) bond motifs is 1. The van der Waals surface area contributed by atoms with Gasteiger partial charge in [0.15, 0.2) is 5.82 Å². The maximum absolute atomic E-state index is 13.0. The molecule has 1 amide bonds. The van der Waals surface area contributed by atoms with Crippen molar-refractivity contribution in [2.75, 3.05) is 35.3 Å². The Morgan fingerprint density at radius 1 is 1.18 bits per heavy atom. The first-order valence-electron chi connectivity index (χ1n) is 11.3. The summed E-state index contributed by atoms with van der Waals surface area (Å²) >= 11 is 0. The average Bonchev–Trinajstić information content (AvgIpc) is 3.34. The summed E-state index contributed by atoms with van der Waals surface area (Å²) in [7, 11) is -1.91. The number of carbonyl (C=O) groups excluding carboxylic acids is 1. The molecule has 3 N–H and O–H groups in total. The lowest BCUT2D eigenvalue weighted by atomic mass is 10.0. The van der Waals surface area contributed by atoms with Crippen LogP contribution in [-0.2, 0) is 14.8 Å². The Labute approximate surface area is 194 Å². The van der Waals surface area contributed by atoms with Crippen LogP contribution < -0.4 is 19.8 Å². The van der Waals surface area contributed by atoms with Crippen molar-refractivity contribution >= 4 is 39.1 Å². The van der Waals surface area contributed by atoms with Crippen molar-refractivity contribution in [3.8, 4) is 0 Å². The van der Waals surface area contributed by atoms with Crippen LogP contribution in [0.25, 0.3) is 0 Å². The molecule has 1 aliphatic carbocycles. The zero-order valence-electron chi connectivity index (χ0n) is 18.9. The van der Waals surface area contributed by atoms with E-state index in [2.05, 4.69) is 19.9 Å². The van der Waals surface area contributed by atoms with Crippen molar-refractivity contribution in [1.29, 1.82) is 0 Å². The molecule has 1 aromatic heterocycles. The van der Waals surface area contributed by atoms with Gasteiger partial charge in [-0.1, -0.05) is 19.8 Å². The second-order valence-corrected chi connectivity index (χ2v) is 10.1. The number of nitrogens with one attached hydrogen (secondary N) is 2. The van der Waals surface area contributed by atoms with E-state index >= 15 is 0 Å². The molecule has 1 aromatic carbocycles. The fourth-order valence-electron chi connectivity index (χ4n) is 4.55. The number of likely N-dealkylation sites (N-methyl/N-ethyl adjacent to an activating group) is 1. The maximum Gasteiger partial charge on any atom is 0.249 e. The van der Waals surface area contributed by atoms with Crippen LogP contribution in [0.2, 0.25) is 0 Å². The summed E-state index contributed by atoms with van der Waals surface area (Å²) in [5, 5.41) is 12.0. The monoisotopic (exact) mass is 474 g/mol. The van der Waals surface area contributed by atoms with Gasteiger partial charge in [-0.25, -0.2) is 18.1 Å². The van der Waals surface area contributed by atoms with Gasteiger partial charge in [0.05, 0.1) is 17.7 Å². The van der Waals surface area contributed by atoms with Gasteiger partial charge in [0.25, 0.3) is 0 Å². The van der Waals surface area contributed by atoms with E-state index < -0.39 is 10.0 Å². The Bertz CT molecular complexity index is 1100. The highest BCUT2D eigenvalue weighted by molar-refractivity contribution is 7.89. The number of anilines is 4. The van der Waals surface area contributed by atoms with E-state index in [0.29, 0.717) is 23.7 Å². The summed E-state index contributed by atoms with van der Waals surface area (Å²) in [6.07, 6.45) is 6.74. The second-order valence-electron chi connectivity index (χ2n) is 8.34. The first-order valence-corrected chi connectivity index (χ1v) is 12.7. The van der Waals surface area contributed by atoms with Crippen LogP contribution in [0.4, 0.5) is 23.1 Å². The van der Waals surface area contributed by atoms with Gasteiger partial charge >= 0.3 is 0 Å². The smallest absolute Gasteiger partial charge is 0.249 e. The number of amides is 1. The molecule has 0 unspecified atom stereocenters. The lowest BCUT2D eigenvalue weighted by molar-refractivity contribution is -0.120. The highest BCUT2D eigenvalue weighted by Gasteiger charge is 2.41. The molecule has 0 spiro atoms. The number of hydrogen-bond acceptors (Lipinski definition) is 8. The minimum Gasteiger partial charge on any atom is -0.395 e. The number of nitrogens with zero attached hydrogens (tertiary/aromatic N) is 4. The predicted octanol–water partition coefficient (Wildman–Crippen LogP) is 1.99. The van der Waals surface area contributed by atoms with Crippen molar-refractivity contribution in [1.82, 2.24) is 14.7 Å². The number of aromatic nitrogens is 2. The topological polar surface area (TPSA) is 128 Å². The Hall–Kier alpha value is -2.76. The quantitative estimate of drug-likeness (QED) is 0.530. The summed E-state index contributed by atoms with van der Waals surface area (Å²) in [5.41, 5.74) is 1.33. The molecule has 2 heterocycles. The van der Waals surface area contributed by atoms with E-state index in [0.717, 1.165) is 31.5 Å². The molecule has 0 saturated heterocycles. The third-order valence-corrected chi connectivity index (χ3v) is 7.71. The van der Waals surface area contributed by atoms with E-state index in [-0.39, 0.29) is 36.0 Å². The highest BCUT2D eigenvalue weighted by atomic mass is 32.2. The number of sulfonamides is 1. The molecule has 4 rings (SSSR count). The van der Waals surface area contributed by atoms with E-state index in [1.807, 2.05) is 6.92 Å². The maximum atomic E-state index is 13.0. The molecule has 11 heteroatoms. The molecule has 1 atom stereocenters. The molecule has 178 valence electrons. The van der Waals surface area contributed by atoms with Crippen LogP contribution >= 0.6 is 0 Å². The molecule has 33 heavy (non-hydrogen) atoms. The third-order valence-electron chi connectivity index (χ3n) is 6.24. The van der Waals surface area contributed by atoms with E-state index in [4.69, 9.17) is 10.1 Å². The standard InChI is InChI=1S/C22H30N6O4S/c1-3-18-21(30)27(2)19-14-23-22(26-20(19)28(18)16-6-4-5-7-16)25-15-8-10-17(11-9-15)33(31,32)24-12-13-29/h8-11,14,16,18,24,29H,3-7,12-13H2,1-2H3,(H,23,25,26)/t18-/m1/s1. The minimum absolute atomic E-state index is 0.0432. The molecule has 2 aromatic rings. The van der Waals surface area contributed by atoms with Gasteiger partial charge in [0.2, 0.25) is 21.9 Å². The highest BCUT2D eigenvalue weighted by Crippen LogP contribution is 2.40.